The summed E-state index contributed by atoms with van der Waals surface area (Å²) in [4.78, 5) is 31.5. The number of rotatable bonds is 6. The Bertz CT molecular complexity index is 1010. The highest BCUT2D eigenvalue weighted by Crippen LogP contribution is 2.36. The molecule has 30 heavy (non-hydrogen) atoms. The minimum absolute atomic E-state index is 0.0255. The summed E-state index contributed by atoms with van der Waals surface area (Å²) >= 11 is 13.4. The van der Waals surface area contributed by atoms with Crippen LogP contribution in [0.4, 0.5) is 11.4 Å². The van der Waals surface area contributed by atoms with E-state index >= 15 is 0 Å². The number of amidine groups is 1. The molecule has 2 aromatic carbocycles. The lowest BCUT2D eigenvalue weighted by molar-refractivity contribution is -0.128. The van der Waals surface area contributed by atoms with Crippen molar-refractivity contribution < 1.29 is 14.3 Å². The second-order valence-electron chi connectivity index (χ2n) is 6.61. The highest BCUT2D eigenvalue weighted by atomic mass is 35.5. The maximum absolute atomic E-state index is 12.8. The molecule has 0 saturated carbocycles. The molecule has 9 heteroatoms. The number of carbonyl (C=O) groups is 2. The van der Waals surface area contributed by atoms with Gasteiger partial charge in [-0.15, -0.1) is 0 Å². The predicted molar refractivity (Wildman–Crippen MR) is 123 cm³/mol. The molecule has 0 unspecified atom stereocenters. The second kappa shape index (κ2) is 9.73. The average Bonchev–Trinajstić information content (AvgIpc) is 2.99. The summed E-state index contributed by atoms with van der Waals surface area (Å²) in [6, 6.07) is 10.4. The molecule has 158 valence electrons. The molecule has 6 nitrogen and oxygen atoms in total. The zero-order valence-corrected chi connectivity index (χ0v) is 19.1. The Morgan fingerprint density at radius 1 is 1.23 bits per heavy atom. The number of benzene rings is 2. The number of halogens is 2. The lowest BCUT2D eigenvalue weighted by atomic mass is 10.2. The van der Waals surface area contributed by atoms with Crippen molar-refractivity contribution in [3.63, 3.8) is 0 Å². The first-order valence-corrected chi connectivity index (χ1v) is 10.9. The lowest BCUT2D eigenvalue weighted by Gasteiger charge is -2.14. The van der Waals surface area contributed by atoms with Crippen LogP contribution in [0.15, 0.2) is 41.4 Å². The van der Waals surface area contributed by atoms with Crippen LogP contribution in [0.5, 0.6) is 5.75 Å². The molecule has 3 rings (SSSR count). The van der Waals surface area contributed by atoms with Crippen molar-refractivity contribution in [3.05, 3.63) is 52.0 Å². The van der Waals surface area contributed by atoms with Crippen LogP contribution in [-0.2, 0) is 9.59 Å². The molecule has 1 heterocycles. The first kappa shape index (κ1) is 22.5. The maximum Gasteiger partial charge on any atom is 0.242 e. The van der Waals surface area contributed by atoms with Gasteiger partial charge in [-0.1, -0.05) is 41.0 Å². The van der Waals surface area contributed by atoms with Crippen LogP contribution in [0.25, 0.3) is 0 Å². The molecule has 2 amide bonds. The molecule has 2 aromatic rings. The molecule has 0 aliphatic carbocycles. The molecule has 1 saturated heterocycles. The zero-order chi connectivity index (χ0) is 21.8. The number of ether oxygens (including phenoxy) is 1. The quantitative estimate of drug-likeness (QED) is 0.628. The van der Waals surface area contributed by atoms with E-state index in [0.717, 1.165) is 5.56 Å². The number of amides is 2. The van der Waals surface area contributed by atoms with E-state index < -0.39 is 5.25 Å². The number of carbonyl (C=O) groups excluding carboxylic acids is 2. The molecule has 1 aliphatic heterocycles. The first-order chi connectivity index (χ1) is 14.3. The van der Waals surface area contributed by atoms with E-state index in [9.17, 15) is 9.59 Å². The Labute approximate surface area is 189 Å². The number of thioether (sulfide) groups is 1. The minimum atomic E-state index is -0.562. The second-order valence-corrected chi connectivity index (χ2v) is 8.65. The number of hydrogen-bond donors (Lipinski definition) is 1. The third-order valence-electron chi connectivity index (χ3n) is 4.54. The van der Waals surface area contributed by atoms with Crippen LogP contribution in [0, 0.1) is 6.92 Å². The van der Waals surface area contributed by atoms with Gasteiger partial charge in [0.05, 0.1) is 7.11 Å². The summed E-state index contributed by atoms with van der Waals surface area (Å²) in [5, 5.41) is 3.83. The number of nitrogens with zero attached hydrogens (tertiary/aromatic N) is 2. The largest absolute Gasteiger partial charge is 0.494 e. The summed E-state index contributed by atoms with van der Waals surface area (Å²) in [6.07, 6.45) is 0.0255. The van der Waals surface area contributed by atoms with Gasteiger partial charge < -0.3 is 10.1 Å². The highest BCUT2D eigenvalue weighted by Gasteiger charge is 2.38. The Morgan fingerprint density at radius 2 is 1.93 bits per heavy atom. The van der Waals surface area contributed by atoms with E-state index in [4.69, 9.17) is 27.9 Å². The number of aryl methyl sites for hydroxylation is 1. The van der Waals surface area contributed by atoms with Gasteiger partial charge in [0.2, 0.25) is 11.8 Å². The van der Waals surface area contributed by atoms with Gasteiger partial charge >= 0.3 is 0 Å². The van der Waals surface area contributed by atoms with Crippen LogP contribution in [0.1, 0.15) is 18.9 Å². The van der Waals surface area contributed by atoms with Gasteiger partial charge in [-0.3, -0.25) is 14.5 Å². The van der Waals surface area contributed by atoms with E-state index in [1.54, 1.807) is 42.3 Å². The number of anilines is 1. The topological polar surface area (TPSA) is 71.0 Å². The Morgan fingerprint density at radius 3 is 2.63 bits per heavy atom. The fourth-order valence-electron chi connectivity index (χ4n) is 2.97. The normalized spacial score (nSPS) is 17.5. The van der Waals surface area contributed by atoms with Crippen LogP contribution in [0.2, 0.25) is 10.0 Å². The SMILES string of the molecule is CCN1C(=O)[C@H](CC(=O)Nc2cc(Cl)ccc2C)SC1=Nc1cc(Cl)ccc1OC. The summed E-state index contributed by atoms with van der Waals surface area (Å²) in [5.41, 5.74) is 2.05. The fraction of sp³-hybridized carbons (Fsp3) is 0.286. The van der Waals surface area contributed by atoms with Crippen LogP contribution in [0.3, 0.4) is 0 Å². The molecular formula is C21H21Cl2N3O3S. The number of hydrogen-bond acceptors (Lipinski definition) is 5. The van der Waals surface area contributed by atoms with E-state index in [-0.39, 0.29) is 18.2 Å². The van der Waals surface area contributed by atoms with Gasteiger partial charge in [0, 0.05) is 28.7 Å². The third-order valence-corrected chi connectivity index (χ3v) is 6.18. The Hall–Kier alpha value is -2.22. The maximum atomic E-state index is 12.8. The van der Waals surface area contributed by atoms with Crippen molar-refractivity contribution in [2.45, 2.75) is 25.5 Å². The van der Waals surface area contributed by atoms with Gasteiger partial charge in [-0.05, 0) is 49.7 Å². The monoisotopic (exact) mass is 465 g/mol. The molecular weight excluding hydrogens is 445 g/mol. The molecule has 1 atom stereocenters. The number of methoxy groups -OCH3 is 1. The van der Waals surface area contributed by atoms with Gasteiger partial charge in [-0.25, -0.2) is 4.99 Å². The summed E-state index contributed by atoms with van der Waals surface area (Å²) in [6.45, 7) is 4.18. The summed E-state index contributed by atoms with van der Waals surface area (Å²) in [5.74, 6) is 0.137. The highest BCUT2D eigenvalue weighted by molar-refractivity contribution is 8.15. The van der Waals surface area contributed by atoms with Crippen LogP contribution < -0.4 is 10.1 Å². The van der Waals surface area contributed by atoms with Gasteiger partial charge in [-0.2, -0.15) is 0 Å². The van der Waals surface area contributed by atoms with Gasteiger partial charge in [0.25, 0.3) is 0 Å². The summed E-state index contributed by atoms with van der Waals surface area (Å²) < 4.78 is 5.33. The van der Waals surface area contributed by atoms with Crippen molar-refractivity contribution in [1.82, 2.24) is 4.90 Å². The molecule has 0 radical (unpaired) electrons. The predicted octanol–water partition coefficient (Wildman–Crippen LogP) is 5.29. The third kappa shape index (κ3) is 5.09. The lowest BCUT2D eigenvalue weighted by Crippen LogP contribution is -2.33. The minimum Gasteiger partial charge on any atom is -0.494 e. The van der Waals surface area contributed by atoms with Crippen molar-refractivity contribution in [1.29, 1.82) is 0 Å². The number of nitrogens with one attached hydrogen (secondary N) is 1. The fourth-order valence-corrected chi connectivity index (χ4v) is 4.52. The molecule has 1 fully saturated rings. The first-order valence-electron chi connectivity index (χ1n) is 9.28. The van der Waals surface area contributed by atoms with Crippen LogP contribution in [-0.4, -0.2) is 40.8 Å². The molecule has 1 aliphatic rings. The van der Waals surface area contributed by atoms with Gasteiger partial charge in [0.1, 0.15) is 16.7 Å². The summed E-state index contributed by atoms with van der Waals surface area (Å²) in [7, 11) is 1.54. The van der Waals surface area contributed by atoms with Crippen molar-refractivity contribution in [2.75, 3.05) is 19.0 Å². The standard InChI is InChI=1S/C21H21Cl2N3O3S/c1-4-26-20(28)18(11-19(27)24-15-9-13(22)6-5-12(15)2)30-21(26)25-16-10-14(23)7-8-17(16)29-3/h5-10,18H,4,11H2,1-3H3,(H,24,27)/t18-/m0/s1. The van der Waals surface area contributed by atoms with Crippen LogP contribution >= 0.6 is 35.0 Å². The molecule has 0 aromatic heterocycles. The van der Waals surface area contributed by atoms with E-state index in [1.165, 1.54) is 11.8 Å². The Kier molecular flexibility index (Phi) is 7.28. The molecule has 1 N–H and O–H groups in total. The zero-order valence-electron chi connectivity index (χ0n) is 16.7. The number of aliphatic imine (C=N–C) groups is 1. The smallest absolute Gasteiger partial charge is 0.242 e. The van der Waals surface area contributed by atoms with E-state index in [2.05, 4.69) is 10.3 Å². The van der Waals surface area contributed by atoms with Crippen molar-refractivity contribution in [2.24, 2.45) is 4.99 Å². The Balaban J connectivity index is 1.78. The average molecular weight is 466 g/mol. The molecule has 0 bridgehead atoms. The molecule has 0 spiro atoms. The van der Waals surface area contributed by atoms with Crippen molar-refractivity contribution in [3.8, 4) is 5.75 Å². The van der Waals surface area contributed by atoms with E-state index in [1.807, 2.05) is 19.9 Å². The van der Waals surface area contributed by atoms with E-state index in [0.29, 0.717) is 38.9 Å². The van der Waals surface area contributed by atoms with Gasteiger partial charge in [0.15, 0.2) is 5.17 Å². The van der Waals surface area contributed by atoms with Crippen molar-refractivity contribution >= 4 is 63.3 Å².